The molecular formula is C27H22FN3O4. The molecule has 7 nitrogen and oxygen atoms in total. The van der Waals surface area contributed by atoms with Crippen molar-refractivity contribution in [3.8, 4) is 17.0 Å². The Bertz CT molecular complexity index is 1400. The van der Waals surface area contributed by atoms with Gasteiger partial charge in [-0.25, -0.2) is 9.18 Å². The summed E-state index contributed by atoms with van der Waals surface area (Å²) in [5.41, 5.74) is 3.40. The van der Waals surface area contributed by atoms with Gasteiger partial charge in [0, 0.05) is 22.4 Å². The number of carbonyl (C=O) groups is 2. The van der Waals surface area contributed by atoms with Gasteiger partial charge in [-0.3, -0.25) is 14.8 Å². The average Bonchev–Trinajstić information content (AvgIpc) is 3.44. The van der Waals surface area contributed by atoms with Crippen LogP contribution in [-0.2, 0) is 4.74 Å². The van der Waals surface area contributed by atoms with E-state index >= 15 is 4.39 Å². The van der Waals surface area contributed by atoms with Gasteiger partial charge in [-0.15, -0.1) is 0 Å². The first-order valence-electron chi connectivity index (χ1n) is 11.1. The second-order valence-corrected chi connectivity index (χ2v) is 7.96. The first kappa shape index (κ1) is 22.3. The third-order valence-electron chi connectivity index (χ3n) is 5.99. The van der Waals surface area contributed by atoms with Gasteiger partial charge in [0.2, 0.25) is 0 Å². The van der Waals surface area contributed by atoms with Crippen molar-refractivity contribution in [3.05, 3.63) is 101 Å². The molecule has 0 saturated carbocycles. The number of H-pyrrole nitrogens is 1. The van der Waals surface area contributed by atoms with Crippen LogP contribution in [0, 0.1) is 5.82 Å². The highest BCUT2D eigenvalue weighted by Crippen LogP contribution is 2.45. The number of hydrogen-bond donors (Lipinski definition) is 1. The highest BCUT2D eigenvalue weighted by molar-refractivity contribution is 6.12. The van der Waals surface area contributed by atoms with Crippen molar-refractivity contribution in [2.75, 3.05) is 18.6 Å². The smallest absolute Gasteiger partial charge is 0.338 e. The summed E-state index contributed by atoms with van der Waals surface area (Å²) >= 11 is 0. The second kappa shape index (κ2) is 9.06. The first-order chi connectivity index (χ1) is 17.0. The molecule has 1 atom stereocenters. The fourth-order valence-electron chi connectivity index (χ4n) is 4.35. The van der Waals surface area contributed by atoms with Crippen molar-refractivity contribution in [2.24, 2.45) is 0 Å². The number of fused-ring (bicyclic) bond motifs is 1. The highest BCUT2D eigenvalue weighted by atomic mass is 19.1. The van der Waals surface area contributed by atoms with Crippen LogP contribution in [0.5, 0.6) is 5.75 Å². The fourth-order valence-corrected chi connectivity index (χ4v) is 4.35. The molecule has 176 valence electrons. The molecule has 5 rings (SSSR count). The third kappa shape index (κ3) is 3.82. The summed E-state index contributed by atoms with van der Waals surface area (Å²) in [7, 11) is 1.58. The molecule has 0 aliphatic carbocycles. The van der Waals surface area contributed by atoms with Crippen LogP contribution >= 0.6 is 0 Å². The number of ether oxygens (including phenoxy) is 2. The van der Waals surface area contributed by atoms with Crippen LogP contribution in [0.4, 0.5) is 10.1 Å². The Morgan fingerprint density at radius 2 is 1.77 bits per heavy atom. The lowest BCUT2D eigenvalue weighted by molar-refractivity contribution is 0.0526. The molecule has 0 saturated heterocycles. The highest BCUT2D eigenvalue weighted by Gasteiger charge is 2.44. The van der Waals surface area contributed by atoms with Crippen molar-refractivity contribution >= 4 is 17.6 Å². The van der Waals surface area contributed by atoms with Crippen LogP contribution in [0.3, 0.4) is 0 Å². The van der Waals surface area contributed by atoms with E-state index in [0.717, 1.165) is 5.56 Å². The second-order valence-electron chi connectivity index (χ2n) is 7.96. The molecular weight excluding hydrogens is 449 g/mol. The maximum Gasteiger partial charge on any atom is 0.338 e. The number of carbonyl (C=O) groups excluding carboxylic acids is 2. The van der Waals surface area contributed by atoms with Crippen LogP contribution in [0.15, 0.2) is 72.8 Å². The van der Waals surface area contributed by atoms with Crippen LogP contribution in [0.1, 0.15) is 44.9 Å². The Morgan fingerprint density at radius 1 is 1.06 bits per heavy atom. The molecule has 0 spiro atoms. The number of nitrogens with one attached hydrogen (secondary N) is 1. The lowest BCUT2D eigenvalue weighted by atomic mass is 9.95. The zero-order chi connectivity index (χ0) is 24.5. The van der Waals surface area contributed by atoms with E-state index in [0.29, 0.717) is 39.5 Å². The normalized spacial score (nSPS) is 14.7. The topological polar surface area (TPSA) is 84.5 Å². The van der Waals surface area contributed by atoms with Gasteiger partial charge in [0.15, 0.2) is 0 Å². The summed E-state index contributed by atoms with van der Waals surface area (Å²) in [6.45, 7) is 1.99. The maximum absolute atomic E-state index is 15.1. The molecule has 35 heavy (non-hydrogen) atoms. The number of nitrogens with zero attached hydrogens (tertiary/aromatic N) is 2. The number of methoxy groups -OCH3 is 1. The minimum atomic E-state index is -0.761. The molecule has 1 unspecified atom stereocenters. The largest absolute Gasteiger partial charge is 0.497 e. The summed E-state index contributed by atoms with van der Waals surface area (Å²) in [5, 5.41) is 7.27. The maximum atomic E-state index is 15.1. The number of benzene rings is 3. The van der Waals surface area contributed by atoms with E-state index in [-0.39, 0.29) is 12.5 Å². The molecule has 3 aromatic carbocycles. The minimum Gasteiger partial charge on any atom is -0.497 e. The van der Waals surface area contributed by atoms with E-state index in [1.165, 1.54) is 11.0 Å². The summed E-state index contributed by atoms with van der Waals surface area (Å²) in [6.07, 6.45) is 0. The average molecular weight is 471 g/mol. The van der Waals surface area contributed by atoms with Crippen molar-refractivity contribution in [3.63, 3.8) is 0 Å². The third-order valence-corrected chi connectivity index (χ3v) is 5.99. The van der Waals surface area contributed by atoms with Crippen LogP contribution in [0.25, 0.3) is 11.3 Å². The monoisotopic (exact) mass is 471 g/mol. The standard InChI is InChI=1S/C27H22FN3O4/c1-3-35-27(33)17-8-12-18(13-9-17)31-25(20-6-4-5-7-21(20)28)22-23(29-30-24(22)26(31)32)16-10-14-19(34-2)15-11-16/h4-15,25H,3H2,1-2H3,(H,29,30). The quantitative estimate of drug-likeness (QED) is 0.393. The number of anilines is 1. The van der Waals surface area contributed by atoms with Crippen molar-refractivity contribution in [1.29, 1.82) is 0 Å². The van der Waals surface area contributed by atoms with Gasteiger partial charge in [0.25, 0.3) is 5.91 Å². The van der Waals surface area contributed by atoms with E-state index in [4.69, 9.17) is 9.47 Å². The molecule has 1 aliphatic rings. The van der Waals surface area contributed by atoms with E-state index in [1.54, 1.807) is 68.6 Å². The Morgan fingerprint density at radius 3 is 2.43 bits per heavy atom. The lowest BCUT2D eigenvalue weighted by Gasteiger charge is -2.27. The zero-order valence-corrected chi connectivity index (χ0v) is 19.1. The van der Waals surface area contributed by atoms with Gasteiger partial charge >= 0.3 is 5.97 Å². The van der Waals surface area contributed by atoms with Gasteiger partial charge < -0.3 is 9.47 Å². The van der Waals surface area contributed by atoms with Gasteiger partial charge in [0.05, 0.1) is 31.0 Å². The predicted molar refractivity (Wildman–Crippen MR) is 128 cm³/mol. The summed E-state index contributed by atoms with van der Waals surface area (Å²) in [6, 6.07) is 19.4. The van der Waals surface area contributed by atoms with Crippen molar-refractivity contribution in [2.45, 2.75) is 13.0 Å². The lowest BCUT2D eigenvalue weighted by Crippen LogP contribution is -2.29. The number of esters is 1. The fraction of sp³-hybridized carbons (Fsp3) is 0.148. The van der Waals surface area contributed by atoms with E-state index in [1.807, 2.05) is 12.1 Å². The number of hydrogen-bond acceptors (Lipinski definition) is 5. The number of aromatic nitrogens is 2. The number of rotatable bonds is 6. The molecule has 1 amide bonds. The van der Waals surface area contributed by atoms with E-state index < -0.39 is 17.8 Å². The molecule has 1 N–H and O–H groups in total. The SMILES string of the molecule is CCOC(=O)c1ccc(N2C(=O)c3[nH]nc(-c4ccc(OC)cc4)c3C2c2ccccc2F)cc1. The summed E-state index contributed by atoms with van der Waals surface area (Å²) < 4.78 is 25.4. The van der Waals surface area contributed by atoms with Crippen LogP contribution in [-0.4, -0.2) is 35.8 Å². The molecule has 1 aliphatic heterocycles. The van der Waals surface area contributed by atoms with Gasteiger partial charge in [0.1, 0.15) is 17.3 Å². The number of amides is 1. The predicted octanol–water partition coefficient (Wildman–Crippen LogP) is 5.15. The Kier molecular flexibility index (Phi) is 5.78. The van der Waals surface area contributed by atoms with Gasteiger partial charge in [-0.2, -0.15) is 5.10 Å². The molecule has 0 radical (unpaired) electrons. The van der Waals surface area contributed by atoms with Gasteiger partial charge in [-0.1, -0.05) is 18.2 Å². The molecule has 0 bridgehead atoms. The summed E-state index contributed by atoms with van der Waals surface area (Å²) in [5.74, 6) is -0.544. The zero-order valence-electron chi connectivity index (χ0n) is 19.1. The Balaban J connectivity index is 1.64. The van der Waals surface area contributed by atoms with E-state index in [9.17, 15) is 9.59 Å². The molecule has 1 aromatic heterocycles. The molecule has 2 heterocycles. The Labute approximate surface area is 201 Å². The number of halogens is 1. The van der Waals surface area contributed by atoms with Gasteiger partial charge in [-0.05, 0) is 61.5 Å². The summed E-state index contributed by atoms with van der Waals surface area (Å²) in [4.78, 5) is 27.2. The molecule has 8 heteroatoms. The molecule has 0 fully saturated rings. The van der Waals surface area contributed by atoms with Crippen LogP contribution < -0.4 is 9.64 Å². The number of aromatic amines is 1. The Hall–Kier alpha value is -4.46. The van der Waals surface area contributed by atoms with Crippen LogP contribution in [0.2, 0.25) is 0 Å². The van der Waals surface area contributed by atoms with E-state index in [2.05, 4.69) is 10.2 Å². The first-order valence-corrected chi connectivity index (χ1v) is 11.1. The minimum absolute atomic E-state index is 0.260. The van der Waals surface area contributed by atoms with Crippen molar-refractivity contribution < 1.29 is 23.5 Å². The molecule has 4 aromatic rings. The van der Waals surface area contributed by atoms with Crippen molar-refractivity contribution in [1.82, 2.24) is 10.2 Å².